The lowest BCUT2D eigenvalue weighted by molar-refractivity contribution is -0.140. The van der Waals surface area contributed by atoms with E-state index < -0.39 is 28.5 Å². The van der Waals surface area contributed by atoms with E-state index in [-0.39, 0.29) is 29.3 Å². The van der Waals surface area contributed by atoms with E-state index in [0.717, 1.165) is 27.4 Å². The topological polar surface area (TPSA) is 86.8 Å². The Morgan fingerprint density at radius 1 is 0.857 bits per heavy atom. The molecule has 2 amide bonds. The van der Waals surface area contributed by atoms with E-state index >= 15 is 0 Å². The second-order valence-electron chi connectivity index (χ2n) is 11.0. The minimum atomic E-state index is -4.12. The molecule has 0 radical (unpaired) electrons. The van der Waals surface area contributed by atoms with Crippen molar-refractivity contribution in [2.75, 3.05) is 10.8 Å². The van der Waals surface area contributed by atoms with E-state index in [1.54, 1.807) is 60.7 Å². The monoisotopic (exact) mass is 611 g/mol. The van der Waals surface area contributed by atoms with Crippen LogP contribution in [0.2, 0.25) is 5.02 Å². The van der Waals surface area contributed by atoms with E-state index in [4.69, 9.17) is 11.6 Å². The number of nitrogens with one attached hydrogen (secondary N) is 1. The van der Waals surface area contributed by atoms with Gasteiger partial charge in [-0.05, 0) is 80.1 Å². The van der Waals surface area contributed by atoms with Crippen LogP contribution in [0.15, 0.2) is 77.7 Å². The highest BCUT2D eigenvalue weighted by atomic mass is 35.5. The third kappa shape index (κ3) is 8.35. The number of hydrogen-bond acceptors (Lipinski definition) is 4. The highest BCUT2D eigenvalue weighted by Crippen LogP contribution is 2.27. The van der Waals surface area contributed by atoms with E-state index in [0.29, 0.717) is 17.1 Å². The highest BCUT2D eigenvalue weighted by Gasteiger charge is 2.34. The Morgan fingerprint density at radius 2 is 1.45 bits per heavy atom. The molecule has 0 aliphatic rings. The van der Waals surface area contributed by atoms with Crippen LogP contribution < -0.4 is 9.62 Å². The van der Waals surface area contributed by atoms with Gasteiger partial charge in [-0.2, -0.15) is 0 Å². The largest absolute Gasteiger partial charge is 0.352 e. The smallest absolute Gasteiger partial charge is 0.264 e. The number of carbonyl (C=O) groups is 2. The average molecular weight is 612 g/mol. The number of amides is 2. The van der Waals surface area contributed by atoms with Gasteiger partial charge in [0.15, 0.2) is 0 Å². The maximum absolute atomic E-state index is 14.2. The van der Waals surface area contributed by atoms with Gasteiger partial charge in [0, 0.05) is 17.6 Å². The van der Waals surface area contributed by atoms with Crippen molar-refractivity contribution in [1.29, 1.82) is 0 Å². The number of anilines is 1. The summed E-state index contributed by atoms with van der Waals surface area (Å²) < 4.78 is 29.2. The standard InChI is InChI=1S/C33H42ClN3O4S/c1-7-25(6)35-33(39)31(8-2)36(21-26-11-15-28(34)16-12-26)32(38)22-37(29-17-13-27(14-18-29)23(3)4)42(40,41)30-19-9-24(5)10-20-30/h9-20,23,25,31H,7-8,21-22H2,1-6H3,(H,35,39)/t25-,31-/m0/s1. The van der Waals surface area contributed by atoms with Gasteiger partial charge in [-0.1, -0.05) is 81.3 Å². The average Bonchev–Trinajstić information content (AvgIpc) is 2.96. The number of halogens is 1. The molecule has 1 N–H and O–H groups in total. The summed E-state index contributed by atoms with van der Waals surface area (Å²) in [6, 6.07) is 19.9. The van der Waals surface area contributed by atoms with Crippen LogP contribution >= 0.6 is 11.6 Å². The summed E-state index contributed by atoms with van der Waals surface area (Å²) in [5.41, 5.74) is 3.12. The quantitative estimate of drug-likeness (QED) is 0.233. The van der Waals surface area contributed by atoms with Crippen molar-refractivity contribution in [3.05, 3.63) is 94.5 Å². The van der Waals surface area contributed by atoms with Gasteiger partial charge in [0.25, 0.3) is 10.0 Å². The van der Waals surface area contributed by atoms with E-state index in [9.17, 15) is 18.0 Å². The minimum Gasteiger partial charge on any atom is -0.352 e. The molecule has 0 bridgehead atoms. The van der Waals surface area contributed by atoms with E-state index in [2.05, 4.69) is 19.2 Å². The molecule has 0 fully saturated rings. The molecule has 226 valence electrons. The predicted octanol–water partition coefficient (Wildman–Crippen LogP) is 6.69. The molecule has 0 spiro atoms. The number of carbonyl (C=O) groups excluding carboxylic acids is 2. The first kappa shape index (κ1) is 33.1. The zero-order chi connectivity index (χ0) is 31.0. The molecule has 0 saturated carbocycles. The van der Waals surface area contributed by atoms with Crippen molar-refractivity contribution < 1.29 is 18.0 Å². The molecule has 7 nitrogen and oxygen atoms in total. The van der Waals surface area contributed by atoms with Gasteiger partial charge in [-0.25, -0.2) is 8.42 Å². The fourth-order valence-electron chi connectivity index (χ4n) is 4.54. The van der Waals surface area contributed by atoms with Gasteiger partial charge in [-0.15, -0.1) is 0 Å². The molecular formula is C33H42ClN3O4S. The Bertz CT molecular complexity index is 1440. The highest BCUT2D eigenvalue weighted by molar-refractivity contribution is 7.92. The molecule has 0 unspecified atom stereocenters. The summed E-state index contributed by atoms with van der Waals surface area (Å²) >= 11 is 6.09. The second kappa shape index (κ2) is 14.7. The molecule has 9 heteroatoms. The molecule has 0 aromatic heterocycles. The number of aryl methyl sites for hydroxylation is 1. The molecular weight excluding hydrogens is 570 g/mol. The zero-order valence-electron chi connectivity index (χ0n) is 25.3. The lowest BCUT2D eigenvalue weighted by atomic mass is 10.0. The van der Waals surface area contributed by atoms with Gasteiger partial charge in [0.1, 0.15) is 12.6 Å². The Balaban J connectivity index is 2.07. The summed E-state index contributed by atoms with van der Waals surface area (Å²) in [6.07, 6.45) is 1.09. The number of sulfonamides is 1. The molecule has 0 aliphatic heterocycles. The van der Waals surface area contributed by atoms with Crippen molar-refractivity contribution in [3.63, 3.8) is 0 Å². The molecule has 0 aliphatic carbocycles. The molecule has 3 aromatic carbocycles. The van der Waals surface area contributed by atoms with Crippen molar-refractivity contribution in [2.24, 2.45) is 0 Å². The Kier molecular flexibility index (Phi) is 11.6. The fourth-order valence-corrected chi connectivity index (χ4v) is 6.08. The summed E-state index contributed by atoms with van der Waals surface area (Å²) in [4.78, 5) is 29.1. The summed E-state index contributed by atoms with van der Waals surface area (Å²) in [5, 5.41) is 3.54. The van der Waals surface area contributed by atoms with Crippen LogP contribution in [-0.4, -0.2) is 43.8 Å². The normalized spacial score (nSPS) is 13.0. The third-order valence-corrected chi connectivity index (χ3v) is 9.43. The minimum absolute atomic E-state index is 0.0723. The van der Waals surface area contributed by atoms with E-state index in [1.165, 1.54) is 4.90 Å². The van der Waals surface area contributed by atoms with Crippen molar-refractivity contribution in [1.82, 2.24) is 10.2 Å². The number of nitrogens with zero attached hydrogens (tertiary/aromatic N) is 2. The summed E-state index contributed by atoms with van der Waals surface area (Å²) in [6.45, 7) is 11.4. The van der Waals surface area contributed by atoms with Gasteiger partial charge < -0.3 is 10.2 Å². The van der Waals surface area contributed by atoms with Crippen molar-refractivity contribution in [3.8, 4) is 0 Å². The van der Waals surface area contributed by atoms with Crippen LogP contribution in [0.5, 0.6) is 0 Å². The maximum Gasteiger partial charge on any atom is 0.264 e. The molecule has 0 saturated heterocycles. The first-order valence-corrected chi connectivity index (χ1v) is 16.2. The van der Waals surface area contributed by atoms with Gasteiger partial charge in [-0.3, -0.25) is 13.9 Å². The lowest BCUT2D eigenvalue weighted by Crippen LogP contribution is -2.53. The van der Waals surface area contributed by atoms with E-state index in [1.807, 2.05) is 39.8 Å². The SMILES string of the molecule is CC[C@H](C)NC(=O)[C@H](CC)N(Cc1ccc(Cl)cc1)C(=O)CN(c1ccc(C(C)C)cc1)S(=O)(=O)c1ccc(C)cc1. The fraction of sp³-hybridized carbons (Fsp3) is 0.394. The zero-order valence-corrected chi connectivity index (χ0v) is 26.9. The second-order valence-corrected chi connectivity index (χ2v) is 13.3. The number of rotatable bonds is 13. The van der Waals surface area contributed by atoms with Crippen molar-refractivity contribution in [2.45, 2.75) is 83.8 Å². The molecule has 2 atom stereocenters. The van der Waals surface area contributed by atoms with Crippen LogP contribution in [-0.2, 0) is 26.2 Å². The lowest BCUT2D eigenvalue weighted by Gasteiger charge is -2.33. The first-order chi connectivity index (χ1) is 19.9. The van der Waals surface area contributed by atoms with Crippen LogP contribution in [0, 0.1) is 6.92 Å². The maximum atomic E-state index is 14.2. The van der Waals surface area contributed by atoms with Gasteiger partial charge >= 0.3 is 0 Å². The van der Waals surface area contributed by atoms with Crippen LogP contribution in [0.1, 0.15) is 70.1 Å². The Hall–Kier alpha value is -3.36. The number of hydrogen-bond donors (Lipinski definition) is 1. The summed E-state index contributed by atoms with van der Waals surface area (Å²) in [5.74, 6) is -0.504. The van der Waals surface area contributed by atoms with Crippen LogP contribution in [0.25, 0.3) is 0 Å². The first-order valence-electron chi connectivity index (χ1n) is 14.4. The van der Waals surface area contributed by atoms with Crippen LogP contribution in [0.3, 0.4) is 0 Å². The molecule has 0 heterocycles. The number of benzene rings is 3. The molecule has 42 heavy (non-hydrogen) atoms. The Labute approximate surface area is 255 Å². The third-order valence-electron chi connectivity index (χ3n) is 7.39. The van der Waals surface area contributed by atoms with Gasteiger partial charge in [0.05, 0.1) is 10.6 Å². The summed E-state index contributed by atoms with van der Waals surface area (Å²) in [7, 11) is -4.12. The van der Waals surface area contributed by atoms with Gasteiger partial charge in [0.2, 0.25) is 11.8 Å². The molecule has 3 rings (SSSR count). The van der Waals surface area contributed by atoms with Crippen LogP contribution in [0.4, 0.5) is 5.69 Å². The molecule has 3 aromatic rings. The Morgan fingerprint density at radius 3 is 1.98 bits per heavy atom. The van der Waals surface area contributed by atoms with Crippen molar-refractivity contribution >= 4 is 39.1 Å². The predicted molar refractivity (Wildman–Crippen MR) is 170 cm³/mol.